The molecule has 0 unspecified atom stereocenters. The number of alkyl halides is 2. The second-order valence-corrected chi connectivity index (χ2v) is 3.43. The second-order valence-electron chi connectivity index (χ2n) is 2.68. The van der Waals surface area contributed by atoms with Gasteiger partial charge >= 0.3 is 5.97 Å². The van der Waals surface area contributed by atoms with Gasteiger partial charge in [-0.05, 0) is 27.6 Å². The van der Waals surface area contributed by atoms with E-state index < -0.39 is 12.4 Å². The maximum atomic E-state index is 12.5. The van der Waals surface area contributed by atoms with E-state index in [0.29, 0.717) is 0 Å². The van der Waals surface area contributed by atoms with Gasteiger partial charge in [-0.15, -0.1) is 0 Å². The SMILES string of the molecule is NCc1cc(C(=O)O)nc(Br)c1C(F)F. The van der Waals surface area contributed by atoms with Gasteiger partial charge in [-0.25, -0.2) is 18.6 Å². The summed E-state index contributed by atoms with van der Waals surface area (Å²) in [7, 11) is 0. The summed E-state index contributed by atoms with van der Waals surface area (Å²) in [5, 5.41) is 8.65. The zero-order valence-electron chi connectivity index (χ0n) is 7.38. The highest BCUT2D eigenvalue weighted by Gasteiger charge is 2.20. The molecule has 0 fully saturated rings. The van der Waals surface area contributed by atoms with Gasteiger partial charge < -0.3 is 10.8 Å². The minimum Gasteiger partial charge on any atom is -0.477 e. The predicted molar refractivity (Wildman–Crippen MR) is 51.7 cm³/mol. The fraction of sp³-hybridized carbons (Fsp3) is 0.250. The third-order valence-electron chi connectivity index (χ3n) is 1.76. The summed E-state index contributed by atoms with van der Waals surface area (Å²) in [6, 6.07) is 1.05. The van der Waals surface area contributed by atoms with E-state index in [1.807, 2.05) is 0 Å². The zero-order chi connectivity index (χ0) is 11.6. The Bertz CT molecular complexity index is 398. The Kier molecular flexibility index (Phi) is 3.70. The van der Waals surface area contributed by atoms with E-state index >= 15 is 0 Å². The molecule has 0 aliphatic rings. The second kappa shape index (κ2) is 4.63. The molecule has 0 aromatic carbocycles. The quantitative estimate of drug-likeness (QED) is 0.830. The van der Waals surface area contributed by atoms with Crippen molar-refractivity contribution in [2.75, 3.05) is 0 Å². The topological polar surface area (TPSA) is 76.2 Å². The van der Waals surface area contributed by atoms with Crippen LogP contribution in [0.5, 0.6) is 0 Å². The lowest BCUT2D eigenvalue weighted by atomic mass is 10.1. The van der Waals surface area contributed by atoms with Crippen LogP contribution in [-0.4, -0.2) is 16.1 Å². The lowest BCUT2D eigenvalue weighted by Crippen LogP contribution is -2.09. The lowest BCUT2D eigenvalue weighted by molar-refractivity contribution is 0.0689. The van der Waals surface area contributed by atoms with E-state index in [1.54, 1.807) is 0 Å². The third kappa shape index (κ3) is 2.48. The number of halogens is 3. The first-order valence-electron chi connectivity index (χ1n) is 3.88. The summed E-state index contributed by atoms with van der Waals surface area (Å²) in [5.41, 5.74) is 4.65. The molecule has 1 heterocycles. The number of rotatable bonds is 3. The van der Waals surface area contributed by atoms with E-state index in [2.05, 4.69) is 20.9 Å². The summed E-state index contributed by atoms with van der Waals surface area (Å²) in [6.07, 6.45) is -2.74. The minimum atomic E-state index is -2.74. The number of carboxylic acids is 1. The van der Waals surface area contributed by atoms with Crippen LogP contribution in [0.1, 0.15) is 28.0 Å². The molecule has 0 atom stereocenters. The minimum absolute atomic E-state index is 0.0734. The Morgan fingerprint density at radius 3 is 2.67 bits per heavy atom. The number of carbonyl (C=O) groups is 1. The number of hydrogen-bond acceptors (Lipinski definition) is 3. The van der Waals surface area contributed by atoms with Crippen molar-refractivity contribution in [3.8, 4) is 0 Å². The highest BCUT2D eigenvalue weighted by molar-refractivity contribution is 9.10. The summed E-state index contributed by atoms with van der Waals surface area (Å²) in [5.74, 6) is -1.29. The van der Waals surface area contributed by atoms with Crippen LogP contribution in [0.4, 0.5) is 8.78 Å². The summed E-state index contributed by atoms with van der Waals surface area (Å²) >= 11 is 2.80. The smallest absolute Gasteiger partial charge is 0.354 e. The Morgan fingerprint density at radius 1 is 1.67 bits per heavy atom. The van der Waals surface area contributed by atoms with Gasteiger partial charge in [-0.1, -0.05) is 0 Å². The van der Waals surface area contributed by atoms with Crippen molar-refractivity contribution in [3.05, 3.63) is 27.5 Å². The monoisotopic (exact) mass is 280 g/mol. The fourth-order valence-corrected chi connectivity index (χ4v) is 1.70. The van der Waals surface area contributed by atoms with E-state index in [1.165, 1.54) is 0 Å². The number of carboxylic acid groups (broad SMARTS) is 1. The summed E-state index contributed by atoms with van der Waals surface area (Å²) in [6.45, 7) is -0.166. The third-order valence-corrected chi connectivity index (χ3v) is 2.36. The van der Waals surface area contributed by atoms with Crippen LogP contribution in [0.3, 0.4) is 0 Å². The number of nitrogens with two attached hydrogens (primary N) is 1. The van der Waals surface area contributed by atoms with Crippen molar-refractivity contribution in [3.63, 3.8) is 0 Å². The van der Waals surface area contributed by atoms with E-state index in [4.69, 9.17) is 10.8 Å². The van der Waals surface area contributed by atoms with Crippen LogP contribution in [0.15, 0.2) is 10.7 Å². The van der Waals surface area contributed by atoms with E-state index in [0.717, 1.165) is 6.07 Å². The van der Waals surface area contributed by atoms with Gasteiger partial charge in [0, 0.05) is 6.54 Å². The van der Waals surface area contributed by atoms with Gasteiger partial charge in [-0.2, -0.15) is 0 Å². The zero-order valence-corrected chi connectivity index (χ0v) is 8.96. The normalized spacial score (nSPS) is 10.7. The lowest BCUT2D eigenvalue weighted by Gasteiger charge is -2.09. The van der Waals surface area contributed by atoms with Crippen LogP contribution >= 0.6 is 15.9 Å². The molecule has 15 heavy (non-hydrogen) atoms. The van der Waals surface area contributed by atoms with Crippen molar-refractivity contribution in [2.45, 2.75) is 13.0 Å². The maximum Gasteiger partial charge on any atom is 0.354 e. The van der Waals surface area contributed by atoms with Gasteiger partial charge in [-0.3, -0.25) is 0 Å². The Balaban J connectivity index is 3.37. The predicted octanol–water partition coefficient (Wildman–Crippen LogP) is 1.94. The molecule has 0 radical (unpaired) electrons. The van der Waals surface area contributed by atoms with Crippen molar-refractivity contribution in [1.29, 1.82) is 0 Å². The molecule has 7 heteroatoms. The van der Waals surface area contributed by atoms with E-state index in [9.17, 15) is 13.6 Å². The molecule has 4 nitrogen and oxygen atoms in total. The molecule has 0 spiro atoms. The van der Waals surface area contributed by atoms with Crippen LogP contribution in [-0.2, 0) is 6.54 Å². The average molecular weight is 281 g/mol. The average Bonchev–Trinajstić information content (AvgIpc) is 2.15. The molecule has 0 aliphatic heterocycles. The van der Waals surface area contributed by atoms with Crippen LogP contribution in [0.25, 0.3) is 0 Å². The highest BCUT2D eigenvalue weighted by atomic mass is 79.9. The van der Waals surface area contributed by atoms with Crippen molar-refractivity contribution in [1.82, 2.24) is 4.98 Å². The number of aromatic nitrogens is 1. The van der Waals surface area contributed by atoms with Crippen molar-refractivity contribution < 1.29 is 18.7 Å². The molecule has 0 amide bonds. The molecule has 0 bridgehead atoms. The van der Waals surface area contributed by atoms with Crippen LogP contribution < -0.4 is 5.73 Å². The standard InChI is InChI=1S/C8H7BrF2N2O2/c9-6-5(7(10)11)3(2-12)1-4(13-6)8(14)15/h1,7H,2,12H2,(H,14,15). The Morgan fingerprint density at radius 2 is 2.27 bits per heavy atom. The number of aromatic carboxylic acids is 1. The molecular weight excluding hydrogens is 274 g/mol. The fourth-order valence-electron chi connectivity index (χ4n) is 1.08. The first kappa shape index (κ1) is 12.0. The first-order valence-corrected chi connectivity index (χ1v) is 4.67. The molecule has 0 aliphatic carbocycles. The molecular formula is C8H7BrF2N2O2. The molecule has 82 valence electrons. The molecule has 1 aromatic heterocycles. The highest BCUT2D eigenvalue weighted by Crippen LogP contribution is 2.29. The Hall–Kier alpha value is -1.08. The number of hydrogen-bond donors (Lipinski definition) is 2. The van der Waals surface area contributed by atoms with Crippen LogP contribution in [0, 0.1) is 0 Å². The van der Waals surface area contributed by atoms with Gasteiger partial charge in [0.1, 0.15) is 10.3 Å². The molecule has 1 aromatic rings. The van der Waals surface area contributed by atoms with Gasteiger partial charge in [0.2, 0.25) is 0 Å². The van der Waals surface area contributed by atoms with Crippen LogP contribution in [0.2, 0.25) is 0 Å². The summed E-state index contributed by atoms with van der Waals surface area (Å²) in [4.78, 5) is 14.1. The van der Waals surface area contributed by atoms with Gasteiger partial charge in [0.25, 0.3) is 6.43 Å². The molecule has 1 rings (SSSR count). The van der Waals surface area contributed by atoms with Crippen molar-refractivity contribution in [2.24, 2.45) is 5.73 Å². The van der Waals surface area contributed by atoms with Crippen molar-refractivity contribution >= 4 is 21.9 Å². The van der Waals surface area contributed by atoms with E-state index in [-0.39, 0.29) is 28.0 Å². The number of nitrogens with zero attached hydrogens (tertiary/aromatic N) is 1. The first-order chi connectivity index (χ1) is 6.97. The summed E-state index contributed by atoms with van der Waals surface area (Å²) < 4.78 is 24.9. The molecule has 0 saturated heterocycles. The van der Waals surface area contributed by atoms with Gasteiger partial charge in [0.15, 0.2) is 0 Å². The number of pyridine rings is 1. The molecule has 3 N–H and O–H groups in total. The molecule has 0 saturated carbocycles. The Labute approximate surface area is 92.2 Å². The largest absolute Gasteiger partial charge is 0.477 e. The maximum absolute atomic E-state index is 12.5. The van der Waals surface area contributed by atoms with Gasteiger partial charge in [0.05, 0.1) is 5.56 Å².